The Labute approximate surface area is 162 Å². The SMILES string of the molecule is COc1ccc(S(=O)(=O)N2CCC(C(=O)N[C@H]3CCCC[C@@H]3C)CC2)cc1. The summed E-state index contributed by atoms with van der Waals surface area (Å²) in [6, 6.07) is 6.71. The molecule has 2 atom stereocenters. The van der Waals surface area contributed by atoms with Crippen LogP contribution in [0.3, 0.4) is 0 Å². The van der Waals surface area contributed by atoms with Crippen LogP contribution < -0.4 is 10.1 Å². The minimum absolute atomic E-state index is 0.0928. The lowest BCUT2D eigenvalue weighted by Crippen LogP contribution is -2.47. The molecule has 0 radical (unpaired) electrons. The van der Waals surface area contributed by atoms with E-state index in [-0.39, 0.29) is 22.8 Å². The summed E-state index contributed by atoms with van der Waals surface area (Å²) in [5.74, 6) is 1.15. The number of ether oxygens (including phenoxy) is 1. The van der Waals surface area contributed by atoms with Crippen molar-refractivity contribution in [2.75, 3.05) is 20.2 Å². The molecular formula is C20H30N2O4S. The highest BCUT2D eigenvalue weighted by atomic mass is 32.2. The summed E-state index contributed by atoms with van der Waals surface area (Å²) in [5.41, 5.74) is 0. The van der Waals surface area contributed by atoms with Gasteiger partial charge in [-0.05, 0) is 55.9 Å². The minimum Gasteiger partial charge on any atom is -0.497 e. The monoisotopic (exact) mass is 394 g/mol. The van der Waals surface area contributed by atoms with E-state index < -0.39 is 10.0 Å². The standard InChI is InChI=1S/C20H30N2O4S/c1-15-5-3-4-6-19(15)21-20(23)16-11-13-22(14-12-16)27(24,25)18-9-7-17(26-2)8-10-18/h7-10,15-16,19H,3-6,11-14H2,1-2H3,(H,21,23)/t15-,19-/m0/s1. The van der Waals surface area contributed by atoms with Gasteiger partial charge in [-0.25, -0.2) is 8.42 Å². The van der Waals surface area contributed by atoms with E-state index in [1.807, 2.05) is 0 Å². The summed E-state index contributed by atoms with van der Waals surface area (Å²) in [6.45, 7) is 2.97. The zero-order valence-electron chi connectivity index (χ0n) is 16.2. The molecule has 1 aliphatic carbocycles. The van der Waals surface area contributed by atoms with Crippen LogP contribution in [-0.4, -0.2) is 44.9 Å². The topological polar surface area (TPSA) is 75.7 Å². The predicted octanol–water partition coefficient (Wildman–Crippen LogP) is 2.79. The minimum atomic E-state index is -3.53. The molecule has 1 N–H and O–H groups in total. The first-order valence-electron chi connectivity index (χ1n) is 9.86. The van der Waals surface area contributed by atoms with E-state index in [9.17, 15) is 13.2 Å². The van der Waals surface area contributed by atoms with Crippen molar-refractivity contribution in [3.05, 3.63) is 24.3 Å². The van der Waals surface area contributed by atoms with Crippen molar-refractivity contribution in [2.24, 2.45) is 11.8 Å². The highest BCUT2D eigenvalue weighted by molar-refractivity contribution is 7.89. The van der Waals surface area contributed by atoms with Gasteiger partial charge in [0.2, 0.25) is 15.9 Å². The van der Waals surface area contributed by atoms with Gasteiger partial charge in [-0.2, -0.15) is 4.31 Å². The van der Waals surface area contributed by atoms with E-state index >= 15 is 0 Å². The Bertz CT molecular complexity index is 740. The number of piperidine rings is 1. The highest BCUT2D eigenvalue weighted by Crippen LogP contribution is 2.27. The number of rotatable bonds is 5. The van der Waals surface area contributed by atoms with Gasteiger partial charge in [-0.3, -0.25) is 4.79 Å². The summed E-state index contributed by atoms with van der Waals surface area (Å²) in [7, 11) is -1.98. The van der Waals surface area contributed by atoms with Crippen LogP contribution >= 0.6 is 0 Å². The Morgan fingerprint density at radius 2 is 1.70 bits per heavy atom. The fourth-order valence-electron chi connectivity index (χ4n) is 4.09. The largest absolute Gasteiger partial charge is 0.497 e. The Hall–Kier alpha value is -1.60. The molecule has 0 spiro atoms. The second kappa shape index (κ2) is 8.61. The number of hydrogen-bond donors (Lipinski definition) is 1. The first-order valence-corrected chi connectivity index (χ1v) is 11.3. The second-order valence-corrected chi connectivity index (χ2v) is 9.67. The van der Waals surface area contributed by atoms with Crippen molar-refractivity contribution in [3.8, 4) is 5.75 Å². The molecule has 1 saturated carbocycles. The molecule has 7 heteroatoms. The molecule has 1 heterocycles. The molecule has 1 aromatic rings. The molecule has 1 aromatic carbocycles. The third-order valence-electron chi connectivity index (χ3n) is 5.96. The molecule has 1 amide bonds. The molecule has 6 nitrogen and oxygen atoms in total. The van der Waals surface area contributed by atoms with Crippen LogP contribution in [0.1, 0.15) is 45.4 Å². The molecule has 2 aliphatic rings. The van der Waals surface area contributed by atoms with Gasteiger partial charge in [0, 0.05) is 25.0 Å². The third kappa shape index (κ3) is 4.63. The Morgan fingerprint density at radius 3 is 2.30 bits per heavy atom. The number of methoxy groups -OCH3 is 1. The summed E-state index contributed by atoms with van der Waals surface area (Å²) in [4.78, 5) is 12.9. The van der Waals surface area contributed by atoms with Crippen LogP contribution in [0.5, 0.6) is 5.75 Å². The van der Waals surface area contributed by atoms with Gasteiger partial charge in [0.1, 0.15) is 5.75 Å². The smallest absolute Gasteiger partial charge is 0.243 e. The fourth-order valence-corrected chi connectivity index (χ4v) is 5.56. The van der Waals surface area contributed by atoms with Crippen LogP contribution in [0.15, 0.2) is 29.2 Å². The normalized spacial score (nSPS) is 25.1. The number of hydrogen-bond acceptors (Lipinski definition) is 4. The Kier molecular flexibility index (Phi) is 6.42. The summed E-state index contributed by atoms with van der Waals surface area (Å²) < 4.78 is 32.2. The van der Waals surface area contributed by atoms with Crippen LogP contribution in [0.2, 0.25) is 0 Å². The van der Waals surface area contributed by atoms with E-state index in [1.165, 1.54) is 23.6 Å². The first kappa shape index (κ1) is 20.1. The lowest BCUT2D eigenvalue weighted by molar-refractivity contribution is -0.127. The zero-order chi connectivity index (χ0) is 19.4. The third-order valence-corrected chi connectivity index (χ3v) is 7.87. The summed E-state index contributed by atoms with van der Waals surface area (Å²) >= 11 is 0. The van der Waals surface area contributed by atoms with Gasteiger partial charge in [0.05, 0.1) is 12.0 Å². The molecule has 3 rings (SSSR count). The van der Waals surface area contributed by atoms with Crippen molar-refractivity contribution in [2.45, 2.75) is 56.4 Å². The van der Waals surface area contributed by atoms with Crippen molar-refractivity contribution in [3.63, 3.8) is 0 Å². The number of carbonyl (C=O) groups is 1. The van der Waals surface area contributed by atoms with Crippen LogP contribution in [0.25, 0.3) is 0 Å². The molecule has 2 fully saturated rings. The van der Waals surface area contributed by atoms with Gasteiger partial charge in [-0.1, -0.05) is 19.8 Å². The lowest BCUT2D eigenvalue weighted by Gasteiger charge is -2.34. The number of amides is 1. The summed E-state index contributed by atoms with van der Waals surface area (Å²) in [5, 5.41) is 3.22. The maximum Gasteiger partial charge on any atom is 0.243 e. The van der Waals surface area contributed by atoms with Gasteiger partial charge < -0.3 is 10.1 Å². The molecule has 1 saturated heterocycles. The first-order chi connectivity index (χ1) is 12.9. The molecule has 27 heavy (non-hydrogen) atoms. The molecule has 0 bridgehead atoms. The molecule has 1 aliphatic heterocycles. The lowest BCUT2D eigenvalue weighted by atomic mass is 9.85. The van der Waals surface area contributed by atoms with Gasteiger partial charge in [0.15, 0.2) is 0 Å². The van der Waals surface area contributed by atoms with E-state index in [0.29, 0.717) is 37.6 Å². The maximum absolute atomic E-state index is 12.8. The highest BCUT2D eigenvalue weighted by Gasteiger charge is 2.33. The van der Waals surface area contributed by atoms with Crippen LogP contribution in [-0.2, 0) is 14.8 Å². The Balaban J connectivity index is 1.56. The van der Waals surface area contributed by atoms with Crippen molar-refractivity contribution in [1.29, 1.82) is 0 Å². The van der Waals surface area contributed by atoms with Gasteiger partial charge >= 0.3 is 0 Å². The quantitative estimate of drug-likeness (QED) is 0.833. The molecule has 150 valence electrons. The number of carbonyl (C=O) groups excluding carboxylic acids is 1. The molecule has 0 aromatic heterocycles. The van der Waals surface area contributed by atoms with E-state index in [1.54, 1.807) is 31.4 Å². The summed E-state index contributed by atoms with van der Waals surface area (Å²) in [6.07, 6.45) is 5.79. The zero-order valence-corrected chi connectivity index (χ0v) is 17.0. The average molecular weight is 395 g/mol. The number of sulfonamides is 1. The van der Waals surface area contributed by atoms with Crippen LogP contribution in [0, 0.1) is 11.8 Å². The number of nitrogens with one attached hydrogen (secondary N) is 1. The van der Waals surface area contributed by atoms with Crippen molar-refractivity contribution >= 4 is 15.9 Å². The average Bonchev–Trinajstić information content (AvgIpc) is 2.70. The van der Waals surface area contributed by atoms with Crippen molar-refractivity contribution < 1.29 is 17.9 Å². The van der Waals surface area contributed by atoms with Crippen LogP contribution in [0.4, 0.5) is 0 Å². The predicted molar refractivity (Wildman–Crippen MR) is 104 cm³/mol. The van der Waals surface area contributed by atoms with Gasteiger partial charge in [0.25, 0.3) is 0 Å². The maximum atomic E-state index is 12.8. The fraction of sp³-hybridized carbons (Fsp3) is 0.650. The number of nitrogens with zero attached hydrogens (tertiary/aromatic N) is 1. The Morgan fingerprint density at radius 1 is 1.07 bits per heavy atom. The van der Waals surface area contributed by atoms with E-state index in [0.717, 1.165) is 6.42 Å². The molecule has 0 unspecified atom stereocenters. The van der Waals surface area contributed by atoms with E-state index in [4.69, 9.17) is 4.74 Å². The van der Waals surface area contributed by atoms with E-state index in [2.05, 4.69) is 12.2 Å². The van der Waals surface area contributed by atoms with Crippen molar-refractivity contribution in [1.82, 2.24) is 9.62 Å². The number of benzene rings is 1. The van der Waals surface area contributed by atoms with Gasteiger partial charge in [-0.15, -0.1) is 0 Å². The molecular weight excluding hydrogens is 364 g/mol. The second-order valence-electron chi connectivity index (χ2n) is 7.73.